The van der Waals surface area contributed by atoms with E-state index in [4.69, 9.17) is 0 Å². The Bertz CT molecular complexity index is 1310. The van der Waals surface area contributed by atoms with Gasteiger partial charge in [-0.25, -0.2) is 4.99 Å². The summed E-state index contributed by atoms with van der Waals surface area (Å²) in [4.78, 5) is 33.1. The standard InChI is InChI=1S/C24H23N3O2S/c1-15-21(16(2)28)22(18-8-6-5-7-9-18)27-23(29)20(30-24(27)25-15)14-17-10-12-19(13-11-17)26(3)4/h5-14,22H,1-4H3. The largest absolute Gasteiger partial charge is 0.378 e. The summed E-state index contributed by atoms with van der Waals surface area (Å²) in [6.07, 6.45) is 1.89. The lowest BCUT2D eigenvalue weighted by atomic mass is 9.93. The number of ketones is 1. The molecule has 1 aromatic heterocycles. The molecule has 1 aliphatic heterocycles. The van der Waals surface area contributed by atoms with Crippen LogP contribution in [0.3, 0.4) is 0 Å². The normalized spacial score (nSPS) is 16.3. The van der Waals surface area contributed by atoms with Gasteiger partial charge in [0, 0.05) is 31.1 Å². The van der Waals surface area contributed by atoms with Crippen molar-refractivity contribution in [1.82, 2.24) is 4.57 Å². The zero-order chi connectivity index (χ0) is 21.4. The maximum atomic E-state index is 13.4. The van der Waals surface area contributed by atoms with Crippen LogP contribution in [0.1, 0.15) is 31.0 Å². The lowest BCUT2D eigenvalue weighted by molar-refractivity contribution is -0.114. The Morgan fingerprint density at radius 3 is 2.37 bits per heavy atom. The van der Waals surface area contributed by atoms with Gasteiger partial charge in [-0.05, 0) is 43.2 Å². The summed E-state index contributed by atoms with van der Waals surface area (Å²) in [6.45, 7) is 3.37. The van der Waals surface area contributed by atoms with E-state index in [9.17, 15) is 9.59 Å². The van der Waals surface area contributed by atoms with Crippen molar-refractivity contribution in [2.75, 3.05) is 19.0 Å². The maximum absolute atomic E-state index is 13.4. The van der Waals surface area contributed by atoms with Crippen LogP contribution in [0.15, 0.2) is 75.7 Å². The predicted molar refractivity (Wildman–Crippen MR) is 122 cm³/mol. The number of hydrogen-bond acceptors (Lipinski definition) is 5. The van der Waals surface area contributed by atoms with Crippen LogP contribution in [-0.2, 0) is 4.79 Å². The first-order chi connectivity index (χ1) is 14.4. The lowest BCUT2D eigenvalue weighted by Gasteiger charge is -2.24. The second-order valence-electron chi connectivity index (χ2n) is 7.53. The van der Waals surface area contributed by atoms with Gasteiger partial charge in [-0.15, -0.1) is 0 Å². The summed E-state index contributed by atoms with van der Waals surface area (Å²) in [7, 11) is 3.98. The van der Waals surface area contributed by atoms with E-state index >= 15 is 0 Å². The molecule has 30 heavy (non-hydrogen) atoms. The second-order valence-corrected chi connectivity index (χ2v) is 8.54. The molecule has 0 spiro atoms. The molecular formula is C24H23N3O2S. The van der Waals surface area contributed by atoms with Gasteiger partial charge in [0.15, 0.2) is 10.6 Å². The highest BCUT2D eigenvalue weighted by molar-refractivity contribution is 7.07. The van der Waals surface area contributed by atoms with Gasteiger partial charge in [0.05, 0.1) is 10.6 Å². The van der Waals surface area contributed by atoms with Gasteiger partial charge in [-0.1, -0.05) is 53.8 Å². The number of carbonyl (C=O) groups excluding carboxylic acids is 1. The van der Waals surface area contributed by atoms with E-state index in [2.05, 4.69) is 4.99 Å². The first-order valence-electron chi connectivity index (χ1n) is 9.72. The van der Waals surface area contributed by atoms with Crippen molar-refractivity contribution in [2.24, 2.45) is 4.99 Å². The zero-order valence-corrected chi connectivity index (χ0v) is 18.2. The molecule has 2 heterocycles. The average Bonchev–Trinajstić information content (AvgIpc) is 3.02. The van der Waals surface area contributed by atoms with Crippen molar-refractivity contribution in [1.29, 1.82) is 0 Å². The number of allylic oxidation sites excluding steroid dienone is 2. The molecule has 1 atom stereocenters. The Labute approximate surface area is 178 Å². The summed E-state index contributed by atoms with van der Waals surface area (Å²) in [5.41, 5.74) is 4.05. The Kier molecular flexibility index (Phi) is 5.26. The summed E-state index contributed by atoms with van der Waals surface area (Å²) in [5, 5.41) is 0. The topological polar surface area (TPSA) is 54.7 Å². The lowest BCUT2D eigenvalue weighted by Crippen LogP contribution is -2.39. The van der Waals surface area contributed by atoms with Crippen LogP contribution in [0.2, 0.25) is 0 Å². The van der Waals surface area contributed by atoms with Crippen LogP contribution in [-0.4, -0.2) is 24.4 Å². The van der Waals surface area contributed by atoms with Crippen LogP contribution in [0.4, 0.5) is 5.69 Å². The number of rotatable bonds is 4. The number of carbonyl (C=O) groups is 1. The number of nitrogens with zero attached hydrogens (tertiary/aromatic N) is 3. The minimum absolute atomic E-state index is 0.0707. The molecule has 0 bridgehead atoms. The van der Waals surface area contributed by atoms with Crippen LogP contribution >= 0.6 is 11.3 Å². The fraction of sp³-hybridized carbons (Fsp3) is 0.208. The molecule has 0 N–H and O–H groups in total. The fourth-order valence-corrected chi connectivity index (χ4v) is 4.79. The minimum atomic E-state index is -0.460. The highest BCUT2D eigenvalue weighted by Gasteiger charge is 2.30. The van der Waals surface area contributed by atoms with Crippen LogP contribution < -0.4 is 19.8 Å². The Hall–Kier alpha value is -3.25. The van der Waals surface area contributed by atoms with Crippen LogP contribution in [0.25, 0.3) is 6.08 Å². The van der Waals surface area contributed by atoms with Crippen molar-refractivity contribution in [3.8, 4) is 0 Å². The molecule has 0 saturated heterocycles. The molecule has 0 amide bonds. The summed E-state index contributed by atoms with van der Waals surface area (Å²) in [5.74, 6) is -0.0707. The van der Waals surface area contributed by atoms with Gasteiger partial charge in [0.1, 0.15) is 0 Å². The van der Waals surface area contributed by atoms with Crippen molar-refractivity contribution < 1.29 is 4.79 Å². The van der Waals surface area contributed by atoms with Crippen molar-refractivity contribution in [3.05, 3.63) is 96.7 Å². The molecule has 0 radical (unpaired) electrons. The molecule has 1 aliphatic rings. The van der Waals surface area contributed by atoms with E-state index < -0.39 is 6.04 Å². The highest BCUT2D eigenvalue weighted by atomic mass is 32.1. The van der Waals surface area contributed by atoms with E-state index in [1.165, 1.54) is 18.3 Å². The first kappa shape index (κ1) is 20.0. The number of fused-ring (bicyclic) bond motifs is 1. The van der Waals surface area contributed by atoms with Gasteiger partial charge >= 0.3 is 0 Å². The van der Waals surface area contributed by atoms with E-state index in [0.29, 0.717) is 20.6 Å². The molecule has 4 rings (SSSR count). The SMILES string of the molecule is CC(=O)C1=C(C)N=c2sc(=Cc3ccc(N(C)C)cc3)c(=O)n2C1c1ccccc1. The van der Waals surface area contributed by atoms with Crippen molar-refractivity contribution in [2.45, 2.75) is 19.9 Å². The van der Waals surface area contributed by atoms with Crippen molar-refractivity contribution in [3.63, 3.8) is 0 Å². The van der Waals surface area contributed by atoms with Crippen molar-refractivity contribution >= 4 is 28.9 Å². The molecule has 0 saturated carbocycles. The Morgan fingerprint density at radius 1 is 1.10 bits per heavy atom. The van der Waals surface area contributed by atoms with Gasteiger partial charge in [-0.3, -0.25) is 14.2 Å². The number of anilines is 1. The van der Waals surface area contributed by atoms with Gasteiger partial charge in [0.2, 0.25) is 0 Å². The third kappa shape index (κ3) is 3.55. The predicted octanol–water partition coefficient (Wildman–Crippen LogP) is 2.89. The highest BCUT2D eigenvalue weighted by Crippen LogP contribution is 2.29. The summed E-state index contributed by atoms with van der Waals surface area (Å²) in [6, 6.07) is 17.2. The fourth-order valence-electron chi connectivity index (χ4n) is 3.74. The molecule has 3 aromatic rings. The maximum Gasteiger partial charge on any atom is 0.271 e. The molecule has 6 heteroatoms. The first-order valence-corrected chi connectivity index (χ1v) is 10.5. The number of Topliss-reactive ketones (excluding diaryl/α,β-unsaturated/α-hetero) is 1. The number of aromatic nitrogens is 1. The smallest absolute Gasteiger partial charge is 0.271 e. The Balaban J connectivity index is 1.91. The quantitative estimate of drug-likeness (QED) is 0.656. The van der Waals surface area contributed by atoms with Gasteiger partial charge in [-0.2, -0.15) is 0 Å². The van der Waals surface area contributed by atoms with Crippen LogP contribution in [0, 0.1) is 0 Å². The molecule has 152 valence electrons. The number of benzene rings is 2. The second kappa shape index (κ2) is 7.88. The third-order valence-corrected chi connectivity index (χ3v) is 6.21. The van der Waals surface area contributed by atoms with E-state index in [1.807, 2.05) is 86.6 Å². The molecular weight excluding hydrogens is 394 g/mol. The minimum Gasteiger partial charge on any atom is -0.378 e. The average molecular weight is 418 g/mol. The van der Waals surface area contributed by atoms with Gasteiger partial charge in [0.25, 0.3) is 5.56 Å². The summed E-state index contributed by atoms with van der Waals surface area (Å²) >= 11 is 1.36. The molecule has 1 unspecified atom stereocenters. The van der Waals surface area contributed by atoms with Gasteiger partial charge < -0.3 is 4.90 Å². The summed E-state index contributed by atoms with van der Waals surface area (Å²) < 4.78 is 2.26. The zero-order valence-electron chi connectivity index (χ0n) is 17.4. The molecule has 0 fully saturated rings. The molecule has 0 aliphatic carbocycles. The van der Waals surface area contributed by atoms with Crippen LogP contribution in [0.5, 0.6) is 0 Å². The molecule has 5 nitrogen and oxygen atoms in total. The number of hydrogen-bond donors (Lipinski definition) is 0. The number of thiazole rings is 1. The van der Waals surface area contributed by atoms with E-state index in [0.717, 1.165) is 16.8 Å². The molecule has 2 aromatic carbocycles. The Morgan fingerprint density at radius 2 is 1.77 bits per heavy atom. The van der Waals surface area contributed by atoms with E-state index in [-0.39, 0.29) is 11.3 Å². The monoisotopic (exact) mass is 417 g/mol. The van der Waals surface area contributed by atoms with E-state index in [1.54, 1.807) is 4.57 Å². The third-order valence-electron chi connectivity index (χ3n) is 5.22.